The molecule has 0 aliphatic rings. The van der Waals surface area contributed by atoms with Gasteiger partial charge >= 0.3 is 162 Å². The molecule has 0 radical (unpaired) electrons. The van der Waals surface area contributed by atoms with Crippen LogP contribution in [0.4, 0.5) is 0 Å². The van der Waals surface area contributed by atoms with Crippen molar-refractivity contribution in [2.24, 2.45) is 0 Å². The van der Waals surface area contributed by atoms with Gasteiger partial charge < -0.3 is 0 Å². The van der Waals surface area contributed by atoms with Crippen LogP contribution in [0.5, 0.6) is 0 Å². The van der Waals surface area contributed by atoms with E-state index in [1.165, 1.54) is 69.3 Å². The molecule has 0 saturated heterocycles. The Kier molecular flexibility index (Phi) is 14.8. The first-order chi connectivity index (χ1) is 26.4. The summed E-state index contributed by atoms with van der Waals surface area (Å²) in [5.41, 5.74) is 11.7. The van der Waals surface area contributed by atoms with Crippen LogP contribution in [0.15, 0.2) is 109 Å². The fourth-order valence-electron chi connectivity index (χ4n) is 7.57. The molecule has 0 bridgehead atoms. The van der Waals surface area contributed by atoms with E-state index in [9.17, 15) is 0 Å². The molecule has 3 heteroatoms. The average molecular weight is 983 g/mol. The molecule has 0 atom stereocenters. The Labute approximate surface area is 368 Å². The van der Waals surface area contributed by atoms with Crippen LogP contribution in [-0.2, 0) is 51.1 Å². The molecule has 0 aliphatic carbocycles. The molecule has 0 N–H and O–H groups in total. The van der Waals surface area contributed by atoms with Crippen LogP contribution in [-0.4, -0.2) is 3.26 Å². The number of benzene rings is 4. The van der Waals surface area contributed by atoms with Gasteiger partial charge in [-0.05, 0) is 21.7 Å². The fraction of sp³-hybridized carbons (Fsp3) is 0.436. The summed E-state index contributed by atoms with van der Waals surface area (Å²) in [7, 11) is 13.0. The van der Waals surface area contributed by atoms with Crippen molar-refractivity contribution in [2.75, 3.05) is 0 Å². The molecule has 0 aromatic heterocycles. The zero-order chi connectivity index (χ0) is 43.8. The smallest absolute Gasteiger partial charge is 0.172 e. The van der Waals surface area contributed by atoms with Gasteiger partial charge in [-0.3, -0.25) is 0 Å². The second-order valence-corrected chi connectivity index (χ2v) is 33.8. The Balaban J connectivity index is 0.000000232. The van der Waals surface area contributed by atoms with Crippen LogP contribution in [0.1, 0.15) is 169 Å². The largest absolute Gasteiger partial charge is 0.214 e. The first-order valence-electron chi connectivity index (χ1n) is 21.1. The number of halogens is 2. The Hall–Kier alpha value is -2.58. The minimum absolute atomic E-state index is 0.124. The molecule has 0 heterocycles. The summed E-state index contributed by atoms with van der Waals surface area (Å²) in [5, 5.41) is 5.57. The van der Waals surface area contributed by atoms with E-state index in [1.54, 1.807) is 0 Å². The molecular formula is C55H72Cl2Hf-2. The average Bonchev–Trinajstić information content (AvgIpc) is 3.77. The third-order valence-electron chi connectivity index (χ3n) is 11.0. The number of hydrogen-bond acceptors (Lipinski definition) is 0. The van der Waals surface area contributed by atoms with E-state index >= 15 is 0 Å². The van der Waals surface area contributed by atoms with E-state index in [0.717, 1.165) is 0 Å². The van der Waals surface area contributed by atoms with Gasteiger partial charge in [0.25, 0.3) is 0 Å². The van der Waals surface area contributed by atoms with E-state index in [-0.39, 0.29) is 32.5 Å². The first-order valence-corrected chi connectivity index (χ1v) is 31.8. The Morgan fingerprint density at radius 1 is 0.414 bits per heavy atom. The maximum absolute atomic E-state index is 6.51. The van der Waals surface area contributed by atoms with Crippen LogP contribution < -0.4 is 0 Å². The molecule has 6 aromatic carbocycles. The molecule has 58 heavy (non-hydrogen) atoms. The summed E-state index contributed by atoms with van der Waals surface area (Å²) in [6.07, 6.45) is 0. The fourth-order valence-corrected chi connectivity index (χ4v) is 13.9. The predicted octanol–water partition coefficient (Wildman–Crippen LogP) is 17.1. The van der Waals surface area contributed by atoms with Crippen molar-refractivity contribution in [1.29, 1.82) is 0 Å². The molecule has 0 nitrogen and oxygen atoms in total. The van der Waals surface area contributed by atoms with Crippen LogP contribution >= 0.6 is 17.2 Å². The number of rotatable bonds is 2. The van der Waals surface area contributed by atoms with Crippen molar-refractivity contribution < 1.29 is 18.6 Å². The van der Waals surface area contributed by atoms with E-state index in [2.05, 4.69) is 203 Å². The van der Waals surface area contributed by atoms with Gasteiger partial charge in [-0.15, -0.1) is 39.7 Å². The van der Waals surface area contributed by atoms with Gasteiger partial charge in [0.05, 0.1) is 0 Å². The molecular weight excluding hydrogens is 910 g/mol. The summed E-state index contributed by atoms with van der Waals surface area (Å²) in [6, 6.07) is 39.8. The van der Waals surface area contributed by atoms with Gasteiger partial charge in [0.15, 0.2) is 0 Å². The molecule has 0 amide bonds. The summed E-state index contributed by atoms with van der Waals surface area (Å²) in [6.45, 7) is 41.4. The normalized spacial score (nSPS) is 12.8. The molecule has 312 valence electrons. The SMILES string of the molecule is CC(C)(C)c1cc2[cH-]c3cc(C(C)(C)C)c(C(C)(C)C)cc3c2cc1C(C)(C)C.CC(C)(C)c1ccc([C](c2ccc(C(C)(C)C)cc2)=[Hf]([Cl])[Cl])cc1.c1cc[cH-]c1. The molecule has 0 saturated carbocycles. The van der Waals surface area contributed by atoms with Crippen molar-refractivity contribution in [1.82, 2.24) is 0 Å². The second kappa shape index (κ2) is 17.8. The monoisotopic (exact) mass is 982 g/mol. The quantitative estimate of drug-likeness (QED) is 0.120. The first kappa shape index (κ1) is 48.1. The van der Waals surface area contributed by atoms with Crippen LogP contribution in [0.3, 0.4) is 0 Å². The van der Waals surface area contributed by atoms with Crippen LogP contribution in [0, 0.1) is 0 Å². The Bertz CT molecular complexity index is 2140. The van der Waals surface area contributed by atoms with Gasteiger partial charge in [0, 0.05) is 0 Å². The maximum atomic E-state index is 6.51. The number of hydrogen-bond donors (Lipinski definition) is 0. The zero-order valence-electron chi connectivity index (χ0n) is 39.1. The summed E-state index contributed by atoms with van der Waals surface area (Å²) in [5.74, 6) is 0. The molecule has 0 fully saturated rings. The molecule has 0 aliphatic heterocycles. The van der Waals surface area contributed by atoms with Crippen LogP contribution in [0.2, 0.25) is 0 Å². The Morgan fingerprint density at radius 2 is 0.707 bits per heavy atom. The molecule has 6 rings (SSSR count). The van der Waals surface area contributed by atoms with Crippen molar-refractivity contribution in [3.8, 4) is 0 Å². The molecule has 6 aromatic rings. The number of fused-ring (bicyclic) bond motifs is 3. The third kappa shape index (κ3) is 12.0. The van der Waals surface area contributed by atoms with E-state index in [1.807, 2.05) is 30.3 Å². The van der Waals surface area contributed by atoms with Crippen LogP contribution in [0.25, 0.3) is 21.5 Å². The van der Waals surface area contributed by atoms with Gasteiger partial charge in [0.1, 0.15) is 0 Å². The van der Waals surface area contributed by atoms with Gasteiger partial charge in [-0.2, -0.15) is 18.2 Å². The van der Waals surface area contributed by atoms with Crippen molar-refractivity contribution >= 4 is 42.0 Å². The maximum Gasteiger partial charge on any atom is -0.172 e. The summed E-state index contributed by atoms with van der Waals surface area (Å²) in [4.78, 5) is 0. The molecule has 0 spiro atoms. The van der Waals surface area contributed by atoms with Crippen molar-refractivity contribution in [2.45, 2.75) is 157 Å². The topological polar surface area (TPSA) is 0 Å². The van der Waals surface area contributed by atoms with Crippen molar-refractivity contribution in [3.05, 3.63) is 154 Å². The van der Waals surface area contributed by atoms with E-state index < -0.39 is 18.6 Å². The second-order valence-electron chi connectivity index (χ2n) is 22.4. The summed E-state index contributed by atoms with van der Waals surface area (Å²) < 4.78 is 1.17. The van der Waals surface area contributed by atoms with Crippen molar-refractivity contribution in [3.63, 3.8) is 0 Å². The Morgan fingerprint density at radius 3 is 0.931 bits per heavy atom. The minimum Gasteiger partial charge on any atom is -0.214 e. The van der Waals surface area contributed by atoms with Gasteiger partial charge in [0.2, 0.25) is 0 Å². The third-order valence-corrected chi connectivity index (χ3v) is 17.6. The molecule has 0 unspecified atom stereocenters. The predicted molar refractivity (Wildman–Crippen MR) is 259 cm³/mol. The summed E-state index contributed by atoms with van der Waals surface area (Å²) >= 11 is -2.76. The van der Waals surface area contributed by atoms with Gasteiger partial charge in [-0.25, -0.2) is 12.1 Å². The zero-order valence-corrected chi connectivity index (χ0v) is 44.3. The minimum atomic E-state index is -2.76. The van der Waals surface area contributed by atoms with E-state index in [0.29, 0.717) is 0 Å². The van der Waals surface area contributed by atoms with Gasteiger partial charge in [-0.1, -0.05) is 117 Å². The van der Waals surface area contributed by atoms with E-state index in [4.69, 9.17) is 17.2 Å². The standard InChI is InChI=1S/C29H41.C21H26.C5H5.2ClH.Hf/c1-26(2,3)22-14-18-13-19-15-23(27(4,5)6)25(29(10,11)12)17-21(19)20(18)16-24(22)28(7,8)9;1-20(2,3)18-11-7-16(8-12-18)15-17-9-13-19(14-10-17)21(4,5)6;1-2-4-5-3-1;;;/h13-17H,1-12H3;7-14H,1-6H3;1-5H;2*1H;/q-1;;-1;;;+2/p-2.